The summed E-state index contributed by atoms with van der Waals surface area (Å²) in [7, 11) is -1.21. The Hall–Kier alpha value is -0.713. The number of halogens is 1. The van der Waals surface area contributed by atoms with Crippen molar-refractivity contribution in [1.82, 2.24) is 0 Å². The van der Waals surface area contributed by atoms with Crippen molar-refractivity contribution in [3.63, 3.8) is 0 Å². The molecule has 0 aliphatic rings. The fourth-order valence-corrected chi connectivity index (χ4v) is 1.76. The first kappa shape index (κ1) is 11.4. The Kier molecular flexibility index (Phi) is 3.80. The molecule has 0 spiro atoms. The predicted molar refractivity (Wildman–Crippen MR) is 66.3 cm³/mol. The topological polar surface area (TPSA) is 0 Å². The van der Waals surface area contributed by atoms with Crippen LogP contribution >= 0.6 is 11.6 Å². The van der Waals surface area contributed by atoms with Crippen LogP contribution in [0, 0.1) is 11.5 Å². The van der Waals surface area contributed by atoms with E-state index in [0.717, 1.165) is 11.4 Å². The van der Waals surface area contributed by atoms with E-state index in [0.29, 0.717) is 0 Å². The van der Waals surface area contributed by atoms with Crippen molar-refractivity contribution in [3.05, 3.63) is 34.9 Å². The van der Waals surface area contributed by atoms with Crippen LogP contribution in [0.5, 0.6) is 0 Å². The summed E-state index contributed by atoms with van der Waals surface area (Å²) in [5, 5.41) is 0.784. The maximum absolute atomic E-state index is 5.79. The highest BCUT2D eigenvalue weighted by atomic mass is 35.5. The molecule has 0 N–H and O–H groups in total. The summed E-state index contributed by atoms with van der Waals surface area (Å²) < 4.78 is 0. The number of hydrogen-bond acceptors (Lipinski definition) is 0. The first-order valence-corrected chi connectivity index (χ1v) is 8.60. The molecule has 0 nitrogen and oxygen atoms in total. The van der Waals surface area contributed by atoms with E-state index < -0.39 is 8.07 Å². The van der Waals surface area contributed by atoms with Gasteiger partial charge in [-0.1, -0.05) is 43.4 Å². The molecule has 0 fully saturated rings. The van der Waals surface area contributed by atoms with Gasteiger partial charge < -0.3 is 0 Å². The zero-order chi connectivity index (χ0) is 10.6. The molecule has 0 atom stereocenters. The molecular weight excluding hydrogens is 208 g/mol. The van der Waals surface area contributed by atoms with Gasteiger partial charge in [0.1, 0.15) is 8.07 Å². The summed E-state index contributed by atoms with van der Waals surface area (Å²) in [5.41, 5.74) is 4.58. The van der Waals surface area contributed by atoms with E-state index in [4.69, 9.17) is 11.6 Å². The Morgan fingerprint density at radius 3 is 2.21 bits per heavy atom. The largest absolute Gasteiger partial charge is 0.132 e. The fourth-order valence-electron chi connectivity index (χ4n) is 1.01. The van der Waals surface area contributed by atoms with Crippen LogP contribution < -0.4 is 0 Å². The lowest BCUT2D eigenvalue weighted by atomic mass is 10.2. The highest BCUT2D eigenvalue weighted by Crippen LogP contribution is 2.09. The Labute approximate surface area is 92.3 Å². The number of benzene rings is 1. The molecule has 0 unspecified atom stereocenters. The Morgan fingerprint density at radius 1 is 1.14 bits per heavy atom. The second-order valence-corrected chi connectivity index (χ2v) is 9.54. The second kappa shape index (κ2) is 4.68. The van der Waals surface area contributed by atoms with Gasteiger partial charge in [-0.2, -0.15) is 0 Å². The quantitative estimate of drug-likeness (QED) is 0.502. The van der Waals surface area contributed by atoms with Crippen LogP contribution in [0.2, 0.25) is 24.7 Å². The van der Waals surface area contributed by atoms with Crippen molar-refractivity contribution in [2.24, 2.45) is 0 Å². The van der Waals surface area contributed by atoms with Crippen LogP contribution in [0.4, 0.5) is 0 Å². The first-order valence-electron chi connectivity index (χ1n) is 4.72. The van der Waals surface area contributed by atoms with Gasteiger partial charge in [0.2, 0.25) is 0 Å². The Bertz CT molecular complexity index is 349. The van der Waals surface area contributed by atoms with Crippen LogP contribution in [-0.2, 0) is 6.42 Å². The highest BCUT2D eigenvalue weighted by Gasteiger charge is 2.06. The van der Waals surface area contributed by atoms with E-state index in [1.807, 2.05) is 24.3 Å². The molecule has 0 bridgehead atoms. The van der Waals surface area contributed by atoms with Gasteiger partial charge in [0.05, 0.1) is 0 Å². The molecule has 0 radical (unpaired) electrons. The lowest BCUT2D eigenvalue weighted by molar-refractivity contribution is 1.32. The molecule has 1 aromatic carbocycles. The third-order valence-electron chi connectivity index (χ3n) is 1.67. The van der Waals surface area contributed by atoms with Crippen LogP contribution in [0.15, 0.2) is 24.3 Å². The minimum Gasteiger partial charge on any atom is -0.132 e. The smallest absolute Gasteiger partial charge is 0.129 e. The zero-order valence-corrected chi connectivity index (χ0v) is 10.7. The van der Waals surface area contributed by atoms with Gasteiger partial charge in [0.15, 0.2) is 0 Å². The van der Waals surface area contributed by atoms with Crippen molar-refractivity contribution in [2.45, 2.75) is 26.1 Å². The molecular formula is C12H15ClSi. The molecule has 2 heteroatoms. The lowest BCUT2D eigenvalue weighted by Gasteiger charge is -2.03. The normalized spacial score (nSPS) is 10.6. The molecule has 0 aromatic heterocycles. The van der Waals surface area contributed by atoms with Crippen molar-refractivity contribution in [2.75, 3.05) is 0 Å². The van der Waals surface area contributed by atoms with E-state index in [1.165, 1.54) is 5.56 Å². The van der Waals surface area contributed by atoms with Crippen molar-refractivity contribution in [3.8, 4) is 11.5 Å². The third-order valence-corrected chi connectivity index (χ3v) is 2.85. The molecule has 1 aromatic rings. The first-order chi connectivity index (χ1) is 6.47. The summed E-state index contributed by atoms with van der Waals surface area (Å²) >= 11 is 5.79. The van der Waals surface area contributed by atoms with Crippen LogP contribution in [0.25, 0.3) is 0 Å². The minimum absolute atomic E-state index is 0.784. The second-order valence-electron chi connectivity index (χ2n) is 4.36. The fraction of sp³-hybridized carbons (Fsp3) is 0.333. The van der Waals surface area contributed by atoms with E-state index >= 15 is 0 Å². The molecule has 14 heavy (non-hydrogen) atoms. The average Bonchev–Trinajstić information content (AvgIpc) is 2.06. The molecule has 0 saturated heterocycles. The summed E-state index contributed by atoms with van der Waals surface area (Å²) in [6.07, 6.45) is 0.835. The summed E-state index contributed by atoms with van der Waals surface area (Å²) in [4.78, 5) is 0. The summed E-state index contributed by atoms with van der Waals surface area (Å²) in [5.74, 6) is 3.23. The van der Waals surface area contributed by atoms with Crippen LogP contribution in [0.3, 0.4) is 0 Å². The summed E-state index contributed by atoms with van der Waals surface area (Å²) in [6, 6.07) is 7.88. The Balaban J connectivity index is 2.61. The van der Waals surface area contributed by atoms with E-state index in [-0.39, 0.29) is 0 Å². The van der Waals surface area contributed by atoms with Gasteiger partial charge in [0.25, 0.3) is 0 Å². The zero-order valence-electron chi connectivity index (χ0n) is 8.89. The molecule has 74 valence electrons. The maximum Gasteiger partial charge on any atom is 0.129 e. The number of hydrogen-bond donors (Lipinski definition) is 0. The molecule has 0 heterocycles. The van der Waals surface area contributed by atoms with Crippen molar-refractivity contribution < 1.29 is 0 Å². The van der Waals surface area contributed by atoms with Crippen LogP contribution in [-0.4, -0.2) is 8.07 Å². The van der Waals surface area contributed by atoms with Crippen molar-refractivity contribution in [1.29, 1.82) is 0 Å². The molecule has 0 aliphatic carbocycles. The summed E-state index contributed by atoms with van der Waals surface area (Å²) in [6.45, 7) is 6.76. The van der Waals surface area contributed by atoms with E-state index in [2.05, 4.69) is 31.1 Å². The van der Waals surface area contributed by atoms with E-state index in [9.17, 15) is 0 Å². The average molecular weight is 223 g/mol. The minimum atomic E-state index is -1.21. The standard InChI is InChI=1S/C12H15ClSi/c1-14(2,3)10-4-5-11-6-8-12(13)9-7-11/h6-9H,5H2,1-3H3. The molecule has 0 aliphatic heterocycles. The maximum atomic E-state index is 5.79. The molecule has 1 rings (SSSR count). The predicted octanol–water partition coefficient (Wildman–Crippen LogP) is 3.76. The number of rotatable bonds is 1. The SMILES string of the molecule is C[Si](C)(C)C#CCc1ccc(Cl)cc1. The van der Waals surface area contributed by atoms with Gasteiger partial charge in [-0.15, -0.1) is 11.5 Å². The van der Waals surface area contributed by atoms with Gasteiger partial charge >= 0.3 is 0 Å². The van der Waals surface area contributed by atoms with Gasteiger partial charge in [-0.05, 0) is 17.7 Å². The van der Waals surface area contributed by atoms with Gasteiger partial charge in [-0.25, -0.2) is 0 Å². The van der Waals surface area contributed by atoms with Gasteiger partial charge in [-0.3, -0.25) is 0 Å². The highest BCUT2D eigenvalue weighted by molar-refractivity contribution is 6.83. The third kappa shape index (κ3) is 4.50. The molecule has 0 saturated carbocycles. The van der Waals surface area contributed by atoms with Gasteiger partial charge in [0, 0.05) is 11.4 Å². The van der Waals surface area contributed by atoms with Crippen molar-refractivity contribution >= 4 is 19.7 Å². The Morgan fingerprint density at radius 2 is 1.71 bits per heavy atom. The molecule has 0 amide bonds. The lowest BCUT2D eigenvalue weighted by Crippen LogP contribution is -2.16. The van der Waals surface area contributed by atoms with E-state index in [1.54, 1.807) is 0 Å². The monoisotopic (exact) mass is 222 g/mol. The van der Waals surface area contributed by atoms with Crippen LogP contribution in [0.1, 0.15) is 5.56 Å².